The van der Waals surface area contributed by atoms with Gasteiger partial charge in [0, 0.05) is 28.4 Å². The number of allylic oxidation sites excluding steroid dienone is 6. The summed E-state index contributed by atoms with van der Waals surface area (Å²) in [4.78, 5) is 11.1. The zero-order chi connectivity index (χ0) is 34.5. The average Bonchev–Trinajstić information content (AvgIpc) is 3.04. The molecule has 0 fully saturated rings. The van der Waals surface area contributed by atoms with Crippen molar-refractivity contribution in [3.05, 3.63) is 111 Å². The van der Waals surface area contributed by atoms with Crippen LogP contribution in [-0.2, 0) is 16.0 Å². The zero-order valence-electron chi connectivity index (χ0n) is 29.1. The van der Waals surface area contributed by atoms with Gasteiger partial charge < -0.3 is 14.2 Å². The molecule has 0 heterocycles. The van der Waals surface area contributed by atoms with Crippen molar-refractivity contribution in [3.8, 4) is 35.2 Å². The monoisotopic (exact) mass is 640 g/mol. The van der Waals surface area contributed by atoms with Crippen LogP contribution in [0.15, 0.2) is 89.6 Å². The van der Waals surface area contributed by atoms with Crippen molar-refractivity contribution in [1.29, 1.82) is 0 Å². The molecule has 0 aromatic heterocycles. The van der Waals surface area contributed by atoms with Gasteiger partial charge in [0.25, 0.3) is 0 Å². The van der Waals surface area contributed by atoms with Crippen LogP contribution in [0.5, 0.6) is 11.5 Å². The van der Waals surface area contributed by atoms with Crippen LogP contribution in [0.3, 0.4) is 0 Å². The zero-order valence-corrected chi connectivity index (χ0v) is 29.1. The Labute approximate surface area is 287 Å². The molecule has 4 heteroatoms. The van der Waals surface area contributed by atoms with E-state index in [-0.39, 0.29) is 11.6 Å². The lowest BCUT2D eigenvalue weighted by atomic mass is 9.90. The van der Waals surface area contributed by atoms with Gasteiger partial charge in [0.05, 0.1) is 13.2 Å². The highest BCUT2D eigenvalue weighted by atomic mass is 16.5. The number of hydrogen-bond acceptors (Lipinski definition) is 4. The van der Waals surface area contributed by atoms with Gasteiger partial charge in [-0.2, -0.15) is 0 Å². The predicted octanol–water partition coefficient (Wildman–Crippen LogP) is 8.35. The number of rotatable bonds is 11. The molecule has 4 rings (SSSR count). The van der Waals surface area contributed by atoms with Crippen molar-refractivity contribution in [2.24, 2.45) is 0 Å². The highest BCUT2D eigenvalue weighted by Crippen LogP contribution is 2.28. The van der Waals surface area contributed by atoms with Gasteiger partial charge in [0.2, 0.25) is 0 Å². The predicted molar refractivity (Wildman–Crippen MR) is 199 cm³/mol. The molecule has 0 spiro atoms. The van der Waals surface area contributed by atoms with Gasteiger partial charge in [-0.1, -0.05) is 55.6 Å². The van der Waals surface area contributed by atoms with Crippen molar-refractivity contribution in [2.75, 3.05) is 13.2 Å². The third-order valence-corrected chi connectivity index (χ3v) is 7.96. The van der Waals surface area contributed by atoms with Crippen LogP contribution in [0.2, 0.25) is 0 Å². The second-order valence-corrected chi connectivity index (χ2v) is 13.2. The third kappa shape index (κ3) is 11.7. The highest BCUT2D eigenvalue weighted by Gasteiger charge is 2.13. The maximum atomic E-state index is 11.1. The van der Waals surface area contributed by atoms with Gasteiger partial charge in [-0.15, -0.1) is 0 Å². The molecule has 0 aliphatic heterocycles. The molecular weight excluding hydrogens is 592 g/mol. The summed E-state index contributed by atoms with van der Waals surface area (Å²) in [6.07, 6.45) is 15.1. The highest BCUT2D eigenvalue weighted by molar-refractivity contribution is 5.81. The van der Waals surface area contributed by atoms with E-state index in [1.165, 1.54) is 33.9 Å². The maximum Gasteiger partial charge on any atom is 0.330 e. The standard InChI is InChI=1S/C44H48O4/c1-8-43(45)47-26-12-10-9-11-25-46-41-23-22-39-30-36(17-20-40(39)31-41)16-19-37-18-15-35(28-33(37)3)14-13-32(2)27-38-21-24-42(29-34(38)4)48-44(5,6)7/h8,21-24,27-31H,1-2,4,9-12,15,17-18,20,25-26H2,3,5-7H3/b38-27-. The second-order valence-electron chi connectivity index (χ2n) is 13.2. The van der Waals surface area contributed by atoms with Crippen molar-refractivity contribution in [2.45, 2.75) is 84.7 Å². The number of carbonyl (C=O) groups is 1. The Morgan fingerprint density at radius 3 is 2.33 bits per heavy atom. The fraction of sp³-hybridized carbons (Fsp3) is 0.341. The molecule has 0 saturated heterocycles. The molecule has 0 amide bonds. The van der Waals surface area contributed by atoms with E-state index in [1.54, 1.807) is 0 Å². The quantitative estimate of drug-likeness (QED) is 0.107. The number of hydrogen-bond donors (Lipinski definition) is 0. The fourth-order valence-electron chi connectivity index (χ4n) is 5.45. The van der Waals surface area contributed by atoms with Crippen molar-refractivity contribution in [3.63, 3.8) is 0 Å². The lowest BCUT2D eigenvalue weighted by molar-refractivity contribution is -0.137. The summed E-state index contributed by atoms with van der Waals surface area (Å²) in [5.74, 6) is 14.8. The average molecular weight is 641 g/mol. The third-order valence-electron chi connectivity index (χ3n) is 7.96. The SMILES string of the molecule is C=CC(=O)OCCCCCCOc1ccc2c(c1)CCC(C#CC1=C(C)C=C(C#CC(=C)/C=c3/ccc(OC(C)(C)C)cc3=C)CC1)=C2. The number of fused-ring (bicyclic) bond motifs is 1. The minimum Gasteiger partial charge on any atom is -0.494 e. The topological polar surface area (TPSA) is 44.8 Å². The normalized spacial score (nSPS) is 14.3. The molecule has 2 aliphatic rings. The van der Waals surface area contributed by atoms with Crippen LogP contribution in [0, 0.1) is 23.7 Å². The molecule has 0 atom stereocenters. The molecule has 0 saturated carbocycles. The first-order valence-corrected chi connectivity index (χ1v) is 16.9. The van der Waals surface area contributed by atoms with Gasteiger partial charge in [-0.25, -0.2) is 4.79 Å². The van der Waals surface area contributed by atoms with E-state index in [9.17, 15) is 4.79 Å². The van der Waals surface area contributed by atoms with Crippen LogP contribution >= 0.6 is 0 Å². The number of aryl methyl sites for hydroxylation is 1. The van der Waals surface area contributed by atoms with E-state index in [1.807, 2.05) is 51.1 Å². The summed E-state index contributed by atoms with van der Waals surface area (Å²) >= 11 is 0. The van der Waals surface area contributed by atoms with E-state index >= 15 is 0 Å². The van der Waals surface area contributed by atoms with Crippen LogP contribution in [0.4, 0.5) is 0 Å². The van der Waals surface area contributed by atoms with E-state index in [0.717, 1.165) is 84.4 Å². The van der Waals surface area contributed by atoms with Crippen LogP contribution in [0.1, 0.15) is 83.8 Å². The summed E-state index contributed by atoms with van der Waals surface area (Å²) < 4.78 is 17.0. The fourth-order valence-corrected chi connectivity index (χ4v) is 5.45. The lowest BCUT2D eigenvalue weighted by Gasteiger charge is -2.21. The molecule has 2 aromatic carbocycles. The first kappa shape index (κ1) is 35.9. The summed E-state index contributed by atoms with van der Waals surface area (Å²) in [5, 5.41) is 1.87. The summed E-state index contributed by atoms with van der Waals surface area (Å²) in [6.45, 7) is 21.1. The minimum absolute atomic E-state index is 0.255. The van der Waals surface area contributed by atoms with Gasteiger partial charge in [-0.05, 0) is 149 Å². The molecule has 0 bridgehead atoms. The number of ether oxygens (including phenoxy) is 3. The Morgan fingerprint density at radius 2 is 1.60 bits per heavy atom. The molecule has 0 unspecified atom stereocenters. The van der Waals surface area contributed by atoms with E-state index in [4.69, 9.17) is 14.2 Å². The molecule has 4 nitrogen and oxygen atoms in total. The van der Waals surface area contributed by atoms with Crippen molar-refractivity contribution >= 4 is 24.7 Å². The Bertz CT molecular complexity index is 1870. The van der Waals surface area contributed by atoms with Crippen LogP contribution in [0.25, 0.3) is 18.7 Å². The Morgan fingerprint density at radius 1 is 0.875 bits per heavy atom. The number of unbranched alkanes of at least 4 members (excludes halogenated alkanes) is 3. The summed E-state index contributed by atoms with van der Waals surface area (Å²) in [6, 6.07) is 12.3. The molecule has 0 radical (unpaired) electrons. The molecule has 48 heavy (non-hydrogen) atoms. The van der Waals surface area contributed by atoms with Crippen molar-refractivity contribution in [1.82, 2.24) is 0 Å². The minimum atomic E-state index is -0.359. The summed E-state index contributed by atoms with van der Waals surface area (Å²) in [7, 11) is 0. The second kappa shape index (κ2) is 17.3. The van der Waals surface area contributed by atoms with Gasteiger partial charge in [-0.3, -0.25) is 0 Å². The largest absolute Gasteiger partial charge is 0.494 e. The van der Waals surface area contributed by atoms with Crippen LogP contribution in [-0.4, -0.2) is 24.8 Å². The van der Waals surface area contributed by atoms with Gasteiger partial charge >= 0.3 is 5.97 Å². The summed E-state index contributed by atoms with van der Waals surface area (Å²) in [5.41, 5.74) is 7.64. The molecule has 248 valence electrons. The van der Waals surface area contributed by atoms with E-state index in [0.29, 0.717) is 13.2 Å². The number of carbonyl (C=O) groups excluding carboxylic acids is 1. The van der Waals surface area contributed by atoms with Crippen molar-refractivity contribution < 1.29 is 19.0 Å². The maximum absolute atomic E-state index is 11.1. The van der Waals surface area contributed by atoms with Crippen LogP contribution < -0.4 is 19.9 Å². The number of esters is 1. The van der Waals surface area contributed by atoms with Gasteiger partial charge in [0.1, 0.15) is 17.1 Å². The Hall–Kier alpha value is -4.93. The molecule has 2 aliphatic carbocycles. The van der Waals surface area contributed by atoms with E-state index < -0.39 is 0 Å². The first-order valence-electron chi connectivity index (χ1n) is 16.9. The first-order chi connectivity index (χ1) is 23.0. The molecule has 0 N–H and O–H groups in total. The number of benzene rings is 2. The smallest absolute Gasteiger partial charge is 0.330 e. The lowest BCUT2D eigenvalue weighted by Crippen LogP contribution is -2.27. The van der Waals surface area contributed by atoms with E-state index in [2.05, 4.69) is 74.6 Å². The Kier molecular flexibility index (Phi) is 12.9. The molecule has 2 aromatic rings. The Balaban J connectivity index is 1.29. The molecular formula is C44H48O4. The van der Waals surface area contributed by atoms with Gasteiger partial charge in [0.15, 0.2) is 0 Å².